The van der Waals surface area contributed by atoms with E-state index >= 15 is 0 Å². The lowest BCUT2D eigenvalue weighted by Crippen LogP contribution is -2.43. The van der Waals surface area contributed by atoms with Crippen LogP contribution in [0, 0.1) is 17.8 Å². The topological polar surface area (TPSA) is 20.3 Å². The maximum atomic E-state index is 12.4. The number of hydrogen-bond acceptors (Lipinski definition) is 1. The third-order valence-corrected chi connectivity index (χ3v) is 5.37. The highest BCUT2D eigenvalue weighted by molar-refractivity contribution is 5.79. The normalized spacial score (nSPS) is 24.1. The van der Waals surface area contributed by atoms with Crippen LogP contribution in [0.3, 0.4) is 0 Å². The Morgan fingerprint density at radius 1 is 1.05 bits per heavy atom. The predicted octanol–water partition coefficient (Wildman–Crippen LogP) is 4.10. The van der Waals surface area contributed by atoms with Gasteiger partial charge in [0, 0.05) is 13.1 Å². The summed E-state index contributed by atoms with van der Waals surface area (Å²) in [5.74, 6) is 1.22. The number of likely N-dealkylation sites (tertiary alicyclic amines) is 1. The smallest absolute Gasteiger partial charge is 0.315 e. The van der Waals surface area contributed by atoms with Crippen molar-refractivity contribution in [2.75, 3.05) is 13.1 Å². The van der Waals surface area contributed by atoms with E-state index in [0.29, 0.717) is 19.0 Å². The molecule has 0 N–H and O–H groups in total. The first-order chi connectivity index (χ1) is 9.63. The molecule has 0 aromatic heterocycles. The van der Waals surface area contributed by atoms with Crippen LogP contribution in [0.15, 0.2) is 0 Å². The van der Waals surface area contributed by atoms with Gasteiger partial charge in [0.05, 0.1) is 0 Å². The maximum absolute atomic E-state index is 12.4. The standard InChI is InChI=1S/C16H27F2NO/c1-2-14(12-6-4-3-5-7-12)13-8-10-19(11-9-13)16(20)15(17)18/h12-15H,2-11H2,1H3/t14-/m0/s1. The minimum atomic E-state index is -2.84. The second-order valence-corrected chi connectivity index (χ2v) is 6.43. The molecule has 1 aliphatic carbocycles. The van der Waals surface area contributed by atoms with Crippen LogP contribution in [-0.4, -0.2) is 30.3 Å². The molecule has 0 unspecified atom stereocenters. The summed E-state index contributed by atoms with van der Waals surface area (Å²) >= 11 is 0. The van der Waals surface area contributed by atoms with Crippen LogP contribution in [0.1, 0.15) is 58.3 Å². The first-order valence-corrected chi connectivity index (χ1v) is 8.20. The third kappa shape index (κ3) is 3.70. The van der Waals surface area contributed by atoms with Gasteiger partial charge in [-0.3, -0.25) is 4.79 Å². The van der Waals surface area contributed by atoms with Crippen LogP contribution < -0.4 is 0 Å². The van der Waals surface area contributed by atoms with Crippen molar-refractivity contribution in [1.29, 1.82) is 0 Å². The lowest BCUT2D eigenvalue weighted by atomic mass is 9.70. The molecule has 2 fully saturated rings. The summed E-state index contributed by atoms with van der Waals surface area (Å²) < 4.78 is 24.9. The van der Waals surface area contributed by atoms with Gasteiger partial charge in [-0.1, -0.05) is 45.4 Å². The Hall–Kier alpha value is -0.670. The van der Waals surface area contributed by atoms with Crippen molar-refractivity contribution in [2.45, 2.75) is 64.7 Å². The van der Waals surface area contributed by atoms with Crippen molar-refractivity contribution in [3.63, 3.8) is 0 Å². The van der Waals surface area contributed by atoms with Crippen LogP contribution in [0.2, 0.25) is 0 Å². The Balaban J connectivity index is 1.86. The summed E-state index contributed by atoms with van der Waals surface area (Å²) in [6.07, 6.45) is 6.93. The summed E-state index contributed by atoms with van der Waals surface area (Å²) in [5.41, 5.74) is 0. The molecule has 4 heteroatoms. The van der Waals surface area contributed by atoms with Gasteiger partial charge in [-0.2, -0.15) is 8.78 Å². The molecule has 20 heavy (non-hydrogen) atoms. The average Bonchev–Trinajstić information content (AvgIpc) is 2.49. The number of piperidine rings is 1. The van der Waals surface area contributed by atoms with Crippen LogP contribution in [0.25, 0.3) is 0 Å². The summed E-state index contributed by atoms with van der Waals surface area (Å²) in [4.78, 5) is 12.7. The molecule has 1 heterocycles. The lowest BCUT2D eigenvalue weighted by molar-refractivity contribution is -0.144. The number of halogens is 2. The molecule has 1 saturated carbocycles. The van der Waals surface area contributed by atoms with Gasteiger partial charge in [0.1, 0.15) is 0 Å². The van der Waals surface area contributed by atoms with Gasteiger partial charge in [-0.05, 0) is 30.6 Å². The molecule has 0 radical (unpaired) electrons. The first kappa shape index (κ1) is 15.7. The van der Waals surface area contributed by atoms with E-state index in [1.807, 2.05) is 0 Å². The minimum Gasteiger partial charge on any atom is -0.338 e. The molecule has 0 aromatic carbocycles. The molecule has 0 aromatic rings. The Kier molecular flexibility index (Phi) is 5.79. The highest BCUT2D eigenvalue weighted by Crippen LogP contribution is 2.39. The van der Waals surface area contributed by atoms with E-state index in [1.165, 1.54) is 43.4 Å². The lowest BCUT2D eigenvalue weighted by Gasteiger charge is -2.40. The highest BCUT2D eigenvalue weighted by atomic mass is 19.3. The van der Waals surface area contributed by atoms with E-state index in [-0.39, 0.29) is 0 Å². The van der Waals surface area contributed by atoms with Crippen LogP contribution in [-0.2, 0) is 4.79 Å². The van der Waals surface area contributed by atoms with Crippen LogP contribution in [0.5, 0.6) is 0 Å². The van der Waals surface area contributed by atoms with Gasteiger partial charge in [0.2, 0.25) is 0 Å². The SMILES string of the molecule is CC[C@@H](C1CCCCC1)C1CCN(C(=O)C(F)F)CC1. The maximum Gasteiger partial charge on any atom is 0.315 e. The number of nitrogens with zero attached hydrogens (tertiary/aromatic N) is 1. The molecular weight excluding hydrogens is 260 g/mol. The molecule has 0 spiro atoms. The Morgan fingerprint density at radius 2 is 1.60 bits per heavy atom. The van der Waals surface area contributed by atoms with Gasteiger partial charge in [0.15, 0.2) is 0 Å². The molecule has 116 valence electrons. The second-order valence-electron chi connectivity index (χ2n) is 6.43. The average molecular weight is 287 g/mol. The van der Waals surface area contributed by atoms with Gasteiger partial charge >= 0.3 is 6.43 Å². The van der Waals surface area contributed by atoms with E-state index in [0.717, 1.165) is 24.7 Å². The quantitative estimate of drug-likeness (QED) is 0.762. The molecular formula is C16H27F2NO. The fourth-order valence-electron chi connectivity index (χ4n) is 4.30. The van der Waals surface area contributed by atoms with E-state index in [4.69, 9.17) is 0 Å². The first-order valence-electron chi connectivity index (χ1n) is 8.20. The van der Waals surface area contributed by atoms with E-state index < -0.39 is 12.3 Å². The van der Waals surface area contributed by atoms with Crippen molar-refractivity contribution in [3.8, 4) is 0 Å². The summed E-state index contributed by atoms with van der Waals surface area (Å²) in [5, 5.41) is 0. The van der Waals surface area contributed by atoms with E-state index in [9.17, 15) is 13.6 Å². The highest BCUT2D eigenvalue weighted by Gasteiger charge is 2.34. The summed E-state index contributed by atoms with van der Waals surface area (Å²) in [7, 11) is 0. The molecule has 1 atom stereocenters. The number of carbonyl (C=O) groups excluding carboxylic acids is 1. The van der Waals surface area contributed by atoms with Gasteiger partial charge in [-0.25, -0.2) is 0 Å². The number of alkyl halides is 2. The van der Waals surface area contributed by atoms with Gasteiger partial charge in [-0.15, -0.1) is 0 Å². The Morgan fingerprint density at radius 3 is 2.10 bits per heavy atom. The molecule has 1 aliphatic heterocycles. The van der Waals surface area contributed by atoms with Gasteiger partial charge in [0.25, 0.3) is 5.91 Å². The third-order valence-electron chi connectivity index (χ3n) is 5.37. The summed E-state index contributed by atoms with van der Waals surface area (Å²) in [6.45, 7) is 3.31. The van der Waals surface area contributed by atoms with Crippen molar-refractivity contribution >= 4 is 5.91 Å². The molecule has 1 saturated heterocycles. The molecule has 0 bridgehead atoms. The van der Waals surface area contributed by atoms with Crippen LogP contribution >= 0.6 is 0 Å². The second kappa shape index (κ2) is 7.37. The van der Waals surface area contributed by atoms with Gasteiger partial charge < -0.3 is 4.90 Å². The monoisotopic (exact) mass is 287 g/mol. The van der Waals surface area contributed by atoms with Crippen molar-refractivity contribution in [3.05, 3.63) is 0 Å². The number of rotatable bonds is 4. The van der Waals surface area contributed by atoms with E-state index in [1.54, 1.807) is 0 Å². The zero-order chi connectivity index (χ0) is 14.5. The zero-order valence-corrected chi connectivity index (χ0v) is 12.5. The number of hydrogen-bond donors (Lipinski definition) is 0. The number of carbonyl (C=O) groups is 1. The zero-order valence-electron chi connectivity index (χ0n) is 12.5. The molecule has 2 aliphatic rings. The largest absolute Gasteiger partial charge is 0.338 e. The Bertz CT molecular complexity index is 308. The predicted molar refractivity (Wildman–Crippen MR) is 75.7 cm³/mol. The van der Waals surface area contributed by atoms with E-state index in [2.05, 4.69) is 6.92 Å². The molecule has 1 amide bonds. The van der Waals surface area contributed by atoms with Crippen molar-refractivity contribution < 1.29 is 13.6 Å². The van der Waals surface area contributed by atoms with Crippen molar-refractivity contribution in [2.24, 2.45) is 17.8 Å². The molecule has 2 nitrogen and oxygen atoms in total. The van der Waals surface area contributed by atoms with Crippen LogP contribution in [0.4, 0.5) is 8.78 Å². The minimum absolute atomic E-state index is 0.525. The summed E-state index contributed by atoms with van der Waals surface area (Å²) in [6, 6.07) is 0. The van der Waals surface area contributed by atoms with Crippen molar-refractivity contribution in [1.82, 2.24) is 4.90 Å². The fourth-order valence-corrected chi connectivity index (χ4v) is 4.30. The Labute approximate surface area is 120 Å². The fraction of sp³-hybridized carbons (Fsp3) is 0.938. The molecule has 2 rings (SSSR count). The number of amides is 1.